The number of hydrogen-bond donors (Lipinski definition) is 0. The van der Waals surface area contributed by atoms with Crippen LogP contribution in [-0.4, -0.2) is 5.78 Å². The van der Waals surface area contributed by atoms with Crippen LogP contribution in [0.1, 0.15) is 34.6 Å². The summed E-state index contributed by atoms with van der Waals surface area (Å²) in [6.45, 7) is 3.96. The number of carbonyl (C=O) groups is 1. The molecule has 0 radical (unpaired) electrons. The molecule has 0 amide bonds. The number of carbonyl (C=O) groups excluding carboxylic acids is 1. The number of Topliss-reactive ketones (excluding diaryl/α,β-unsaturated/α-hetero) is 1. The third-order valence-electron chi connectivity index (χ3n) is 2.70. The normalized spacial score (nSPS) is 24.5. The summed E-state index contributed by atoms with van der Waals surface area (Å²) in [6.07, 6.45) is 0. The highest BCUT2D eigenvalue weighted by Gasteiger charge is 2.44. The molecule has 1 unspecified atom stereocenters. The fourth-order valence-electron chi connectivity index (χ4n) is 1.78. The van der Waals surface area contributed by atoms with Crippen LogP contribution in [0.25, 0.3) is 0 Å². The van der Waals surface area contributed by atoms with E-state index >= 15 is 0 Å². The monoisotopic (exact) mass is 238 g/mol. The molecule has 68 valence electrons. The molecule has 0 fully saturated rings. The number of alkyl halides is 1. The van der Waals surface area contributed by atoms with Gasteiger partial charge in [-0.3, -0.25) is 4.79 Å². The average Bonchev–Trinajstić information content (AvgIpc) is 2.30. The van der Waals surface area contributed by atoms with Gasteiger partial charge in [0, 0.05) is 11.0 Å². The van der Waals surface area contributed by atoms with Crippen molar-refractivity contribution in [2.24, 2.45) is 5.41 Å². The molecular formula is C11H11BrO. The second kappa shape index (κ2) is 2.68. The molecule has 1 nitrogen and oxygen atoms in total. The molecule has 1 aromatic carbocycles. The fraction of sp³-hybridized carbons (Fsp3) is 0.364. The van der Waals surface area contributed by atoms with E-state index in [0.29, 0.717) is 0 Å². The van der Waals surface area contributed by atoms with Gasteiger partial charge in [-0.2, -0.15) is 0 Å². The number of hydrogen-bond acceptors (Lipinski definition) is 1. The highest BCUT2D eigenvalue weighted by atomic mass is 79.9. The molecule has 0 saturated heterocycles. The first-order valence-corrected chi connectivity index (χ1v) is 5.24. The van der Waals surface area contributed by atoms with Crippen molar-refractivity contribution in [2.75, 3.05) is 0 Å². The first-order chi connectivity index (χ1) is 6.05. The zero-order valence-electron chi connectivity index (χ0n) is 7.67. The summed E-state index contributed by atoms with van der Waals surface area (Å²) in [5, 5.41) is 0. The lowest BCUT2D eigenvalue weighted by molar-refractivity contribution is 0.0862. The molecule has 0 aliphatic heterocycles. The molecule has 1 aromatic rings. The molecule has 0 saturated carbocycles. The van der Waals surface area contributed by atoms with Crippen molar-refractivity contribution in [3.63, 3.8) is 0 Å². The summed E-state index contributed by atoms with van der Waals surface area (Å²) < 4.78 is 0. The number of rotatable bonds is 0. The predicted octanol–water partition coefficient (Wildman–Crippen LogP) is 3.35. The van der Waals surface area contributed by atoms with Crippen molar-refractivity contribution in [2.45, 2.75) is 18.7 Å². The zero-order valence-corrected chi connectivity index (χ0v) is 9.26. The highest BCUT2D eigenvalue weighted by Crippen LogP contribution is 2.49. The van der Waals surface area contributed by atoms with Crippen LogP contribution in [0.4, 0.5) is 0 Å². The van der Waals surface area contributed by atoms with Gasteiger partial charge < -0.3 is 0 Å². The fourth-order valence-corrected chi connectivity index (χ4v) is 2.38. The molecule has 1 aliphatic rings. The number of benzene rings is 1. The molecule has 2 heteroatoms. The molecular weight excluding hydrogens is 228 g/mol. The zero-order chi connectivity index (χ0) is 9.64. The minimum Gasteiger partial charge on any atom is -0.294 e. The van der Waals surface area contributed by atoms with Crippen LogP contribution in [0.5, 0.6) is 0 Å². The number of ketones is 1. The standard InChI is InChI=1S/C11H11BrO/c1-11(2)9(12)7-5-3-4-6-8(7)10(11)13/h3-6,9H,1-2H3. The van der Waals surface area contributed by atoms with E-state index in [9.17, 15) is 4.79 Å². The smallest absolute Gasteiger partial charge is 0.170 e. The van der Waals surface area contributed by atoms with E-state index in [2.05, 4.69) is 15.9 Å². The second-order valence-corrected chi connectivity index (χ2v) is 4.92. The Hall–Kier alpha value is -0.630. The summed E-state index contributed by atoms with van der Waals surface area (Å²) in [6, 6.07) is 7.81. The van der Waals surface area contributed by atoms with Gasteiger partial charge in [0.25, 0.3) is 0 Å². The number of fused-ring (bicyclic) bond motifs is 1. The molecule has 0 N–H and O–H groups in total. The van der Waals surface area contributed by atoms with Crippen molar-refractivity contribution in [3.05, 3.63) is 35.4 Å². The van der Waals surface area contributed by atoms with Gasteiger partial charge in [-0.15, -0.1) is 0 Å². The Labute approximate surface area is 86.3 Å². The van der Waals surface area contributed by atoms with Crippen molar-refractivity contribution in [1.82, 2.24) is 0 Å². The minimum absolute atomic E-state index is 0.156. The van der Waals surface area contributed by atoms with E-state index < -0.39 is 0 Å². The maximum Gasteiger partial charge on any atom is 0.170 e. The molecule has 1 atom stereocenters. The lowest BCUT2D eigenvalue weighted by Crippen LogP contribution is -2.20. The van der Waals surface area contributed by atoms with Crippen LogP contribution in [0, 0.1) is 5.41 Å². The first-order valence-electron chi connectivity index (χ1n) is 4.33. The van der Waals surface area contributed by atoms with Gasteiger partial charge in [0.2, 0.25) is 0 Å². The Bertz CT molecular complexity index is 368. The Balaban J connectivity index is 2.64. The summed E-state index contributed by atoms with van der Waals surface area (Å²) in [7, 11) is 0. The van der Waals surface area contributed by atoms with Crippen LogP contribution in [-0.2, 0) is 0 Å². The van der Waals surface area contributed by atoms with E-state index in [-0.39, 0.29) is 16.0 Å². The Morgan fingerprint density at radius 2 is 1.92 bits per heavy atom. The van der Waals surface area contributed by atoms with E-state index in [4.69, 9.17) is 0 Å². The third-order valence-corrected chi connectivity index (χ3v) is 4.34. The summed E-state index contributed by atoms with van der Waals surface area (Å²) in [5.74, 6) is 0.241. The van der Waals surface area contributed by atoms with Gasteiger partial charge in [-0.05, 0) is 5.56 Å². The van der Waals surface area contributed by atoms with E-state index in [1.807, 2.05) is 38.1 Å². The van der Waals surface area contributed by atoms with Crippen LogP contribution in [0.15, 0.2) is 24.3 Å². The maximum atomic E-state index is 11.9. The largest absolute Gasteiger partial charge is 0.294 e. The molecule has 0 spiro atoms. The maximum absolute atomic E-state index is 11.9. The van der Waals surface area contributed by atoms with Crippen molar-refractivity contribution >= 4 is 21.7 Å². The second-order valence-electron chi connectivity index (χ2n) is 4.00. The lowest BCUT2D eigenvalue weighted by Gasteiger charge is -2.19. The SMILES string of the molecule is CC1(C)C(=O)c2ccccc2C1Br. The molecule has 2 rings (SSSR count). The van der Waals surface area contributed by atoms with Gasteiger partial charge in [0.05, 0.1) is 4.83 Å². The van der Waals surface area contributed by atoms with Crippen LogP contribution >= 0.6 is 15.9 Å². The summed E-state index contributed by atoms with van der Waals surface area (Å²) >= 11 is 3.58. The predicted molar refractivity (Wildman–Crippen MR) is 56.2 cm³/mol. The molecule has 13 heavy (non-hydrogen) atoms. The van der Waals surface area contributed by atoms with E-state index in [1.54, 1.807) is 0 Å². The Morgan fingerprint density at radius 3 is 2.54 bits per heavy atom. The van der Waals surface area contributed by atoms with Crippen LogP contribution in [0.2, 0.25) is 0 Å². The van der Waals surface area contributed by atoms with Crippen molar-refractivity contribution < 1.29 is 4.79 Å². The molecule has 1 aliphatic carbocycles. The highest BCUT2D eigenvalue weighted by molar-refractivity contribution is 9.09. The first kappa shape index (κ1) is 8.95. The van der Waals surface area contributed by atoms with Gasteiger partial charge in [-0.1, -0.05) is 54.0 Å². The molecule has 0 heterocycles. The quantitative estimate of drug-likeness (QED) is 0.634. The van der Waals surface area contributed by atoms with Crippen LogP contribution in [0.3, 0.4) is 0 Å². The lowest BCUT2D eigenvalue weighted by atomic mass is 9.89. The minimum atomic E-state index is -0.302. The van der Waals surface area contributed by atoms with Crippen LogP contribution < -0.4 is 0 Å². The summed E-state index contributed by atoms with van der Waals surface area (Å²) in [5.41, 5.74) is 1.69. The summed E-state index contributed by atoms with van der Waals surface area (Å²) in [4.78, 5) is 12.1. The molecule has 0 aromatic heterocycles. The topological polar surface area (TPSA) is 17.1 Å². The van der Waals surface area contributed by atoms with E-state index in [0.717, 1.165) is 11.1 Å². The van der Waals surface area contributed by atoms with Gasteiger partial charge >= 0.3 is 0 Å². The molecule has 0 bridgehead atoms. The Kier molecular flexibility index (Phi) is 1.84. The van der Waals surface area contributed by atoms with Gasteiger partial charge in [0.15, 0.2) is 5.78 Å². The van der Waals surface area contributed by atoms with Gasteiger partial charge in [0.1, 0.15) is 0 Å². The Morgan fingerprint density at radius 1 is 1.31 bits per heavy atom. The van der Waals surface area contributed by atoms with Gasteiger partial charge in [-0.25, -0.2) is 0 Å². The third kappa shape index (κ3) is 1.08. The van der Waals surface area contributed by atoms with E-state index in [1.165, 1.54) is 0 Å². The van der Waals surface area contributed by atoms with Crippen molar-refractivity contribution in [3.8, 4) is 0 Å². The number of halogens is 1. The van der Waals surface area contributed by atoms with Crippen molar-refractivity contribution in [1.29, 1.82) is 0 Å². The average molecular weight is 239 g/mol.